The van der Waals surface area contributed by atoms with Crippen molar-refractivity contribution in [3.05, 3.63) is 71.8 Å². The molecule has 2 aromatic rings. The molecule has 18 heteroatoms. The molecule has 730 valence electrons. The minimum absolute atomic E-state index is 0.0211. The fourth-order valence-corrected chi connectivity index (χ4v) is 18.6. The number of hydrogen-bond acceptors (Lipinski definition) is 16. The summed E-state index contributed by atoms with van der Waals surface area (Å²) in [6, 6.07) is 17.1. The summed E-state index contributed by atoms with van der Waals surface area (Å²) in [7, 11) is 0. The lowest BCUT2D eigenvalue weighted by atomic mass is 9.88. The first-order valence-electron chi connectivity index (χ1n) is 53.4. The molecule has 0 saturated carbocycles. The molecule has 5 rings (SSSR count). The van der Waals surface area contributed by atoms with Crippen LogP contribution in [0.2, 0.25) is 0 Å². The van der Waals surface area contributed by atoms with Crippen LogP contribution in [-0.2, 0) is 82.7 Å². The van der Waals surface area contributed by atoms with Gasteiger partial charge in [-0.15, -0.1) is 0 Å². The molecule has 3 aliphatic heterocycles. The van der Waals surface area contributed by atoms with E-state index in [1.807, 2.05) is 67.6 Å². The van der Waals surface area contributed by atoms with Crippen LogP contribution in [0.25, 0.3) is 0 Å². The zero-order chi connectivity index (χ0) is 91.2. The molecule has 2 N–H and O–H groups in total. The molecule has 3 fully saturated rings. The Bertz CT molecular complexity index is 3010. The first-order chi connectivity index (χ1) is 62.1. The van der Waals surface area contributed by atoms with Gasteiger partial charge in [0, 0.05) is 37.2 Å². The van der Waals surface area contributed by atoms with Gasteiger partial charge in [0.2, 0.25) is 11.8 Å². The number of unbranched alkanes of at least 4 members (excludes halogenated alkanes) is 48. The lowest BCUT2D eigenvalue weighted by Gasteiger charge is -2.49. The van der Waals surface area contributed by atoms with Gasteiger partial charge in [-0.2, -0.15) is 0 Å². The van der Waals surface area contributed by atoms with Crippen LogP contribution < -0.4 is 10.6 Å². The summed E-state index contributed by atoms with van der Waals surface area (Å²) < 4.78 is 68.3. The Morgan fingerprint density at radius 2 is 0.709 bits per heavy atom. The monoisotopic (exact) mass is 1780 g/mol. The normalized spacial score (nSPS) is 20.9. The van der Waals surface area contributed by atoms with E-state index in [1.165, 1.54) is 218 Å². The van der Waals surface area contributed by atoms with Gasteiger partial charge in [-0.05, 0) is 55.9 Å². The zero-order valence-corrected chi connectivity index (χ0v) is 82.3. The summed E-state index contributed by atoms with van der Waals surface area (Å²) in [5, 5.41) is 6.65. The SMILES string of the molecule is CCCCCCCCCCCC(=O)O[C@H](CCCCCCCCCCC)CC(=O)NC1[C@H](OCC2O[C@H](OCc3ccccc3)C(NC(=O)C[C@H](C)CCCCCCCCCCC)[C@@H](OC(=O)C[C@H](C)CCCCCCCCCCC)[C@@H]2C)OC2COC(c3ccccc3)O[C@H]2[C@@H]1OC(=O)C[C@@H](CCCCCCCCCCC)OC(=O)CCCCCCCCCCC. The molecule has 3 aliphatic rings. The van der Waals surface area contributed by atoms with E-state index >= 15 is 9.59 Å². The van der Waals surface area contributed by atoms with E-state index in [0.29, 0.717) is 25.7 Å². The summed E-state index contributed by atoms with van der Waals surface area (Å²) in [4.78, 5) is 88.9. The van der Waals surface area contributed by atoms with E-state index in [1.54, 1.807) is 0 Å². The van der Waals surface area contributed by atoms with Crippen LogP contribution in [0.3, 0.4) is 0 Å². The summed E-state index contributed by atoms with van der Waals surface area (Å²) in [6.45, 7) is 19.5. The molecule has 3 saturated heterocycles. The van der Waals surface area contributed by atoms with Crippen LogP contribution in [-0.4, -0.2) is 116 Å². The van der Waals surface area contributed by atoms with Crippen molar-refractivity contribution in [1.82, 2.24) is 10.6 Å². The van der Waals surface area contributed by atoms with Gasteiger partial charge in [0.05, 0.1) is 38.8 Å². The van der Waals surface area contributed by atoms with E-state index in [4.69, 9.17) is 47.4 Å². The summed E-state index contributed by atoms with van der Waals surface area (Å²) in [5.74, 6) is -2.87. The number of hydrogen-bond donors (Lipinski definition) is 2. The van der Waals surface area contributed by atoms with Crippen molar-refractivity contribution in [3.8, 4) is 0 Å². The third-order valence-electron chi connectivity index (χ3n) is 26.6. The zero-order valence-electron chi connectivity index (χ0n) is 82.3. The molecule has 3 heterocycles. The Balaban J connectivity index is 1.56. The maximum Gasteiger partial charge on any atom is 0.310 e. The average Bonchev–Trinajstić information content (AvgIpc) is 0.764. The highest BCUT2D eigenvalue weighted by Crippen LogP contribution is 2.39. The highest BCUT2D eigenvalue weighted by Gasteiger charge is 2.55. The van der Waals surface area contributed by atoms with Crippen molar-refractivity contribution in [2.24, 2.45) is 17.8 Å². The van der Waals surface area contributed by atoms with Gasteiger partial charge < -0.3 is 58.0 Å². The van der Waals surface area contributed by atoms with Gasteiger partial charge in [-0.3, -0.25) is 28.8 Å². The van der Waals surface area contributed by atoms with Gasteiger partial charge in [0.15, 0.2) is 25.0 Å². The fourth-order valence-electron chi connectivity index (χ4n) is 18.6. The molecule has 15 atom stereocenters. The second-order valence-corrected chi connectivity index (χ2v) is 38.7. The smallest absolute Gasteiger partial charge is 0.310 e. The molecule has 0 aliphatic carbocycles. The Morgan fingerprint density at radius 3 is 1.14 bits per heavy atom. The Morgan fingerprint density at radius 1 is 0.362 bits per heavy atom. The molecule has 18 nitrogen and oxygen atoms in total. The van der Waals surface area contributed by atoms with Crippen molar-refractivity contribution in [2.75, 3.05) is 13.2 Å². The van der Waals surface area contributed by atoms with Crippen LogP contribution in [0.1, 0.15) is 491 Å². The number of fused-ring (bicyclic) bond motifs is 1. The number of carbonyl (C=O) groups excluding carboxylic acids is 6. The van der Waals surface area contributed by atoms with Crippen LogP contribution in [0.15, 0.2) is 60.7 Å². The summed E-state index contributed by atoms with van der Waals surface area (Å²) in [6.07, 6.45) is 54.6. The van der Waals surface area contributed by atoms with Crippen LogP contribution in [0, 0.1) is 17.8 Å². The fraction of sp³-hybridized carbons (Fsp3) is 0.835. The molecule has 2 aromatic carbocycles. The second-order valence-electron chi connectivity index (χ2n) is 38.7. The first-order valence-corrected chi connectivity index (χ1v) is 53.4. The van der Waals surface area contributed by atoms with E-state index in [2.05, 4.69) is 66.0 Å². The van der Waals surface area contributed by atoms with Crippen molar-refractivity contribution in [2.45, 2.75) is 554 Å². The largest absolute Gasteiger partial charge is 0.462 e. The number of rotatable bonds is 81. The molecular formula is C109H188N2O16. The van der Waals surface area contributed by atoms with E-state index in [9.17, 15) is 19.2 Å². The predicted molar refractivity (Wildman–Crippen MR) is 515 cm³/mol. The Labute approximate surface area is 774 Å². The van der Waals surface area contributed by atoms with Gasteiger partial charge in [0.25, 0.3) is 0 Å². The number of amides is 2. The standard InChI is InChI=1S/C109H188N2O16/c1-10-16-22-28-34-40-46-52-60-70-87(7)80-96(112)110-102-104(125-100(116)81-88(8)71-61-53-47-41-35-29-23-17-11-2)89(9)94(123-108(102)118-84-90-72-62-58-63-73-90)85-120-109-103(111-97(113)82-92(76-66-54-48-42-36-30-24-18-12-3)121-98(114)78-68-56-50-44-38-32-26-20-14-5)106(105-95(124-109)86-119-107(127-105)91-74-64-59-65-75-91)126-101(117)83-93(77-67-55-49-43-37-31-25-19-13-4)122-99(115)79-69-57-51-45-39-33-27-21-15-6/h58-59,62-65,72-75,87-89,92-95,102-109H,10-57,60-61,66-71,76-86H2,1-9H3,(H,110,112)(H,111,113)/t87-,88-,89-,92-,93-,94?,95?,102?,103?,104+,105-,106-,107?,108+,109-/m1/s1. The topological polar surface area (TPSA) is 219 Å². The number of ether oxygens (including phenoxy) is 10. The van der Waals surface area contributed by atoms with Crippen molar-refractivity contribution in [3.63, 3.8) is 0 Å². The number of carbonyl (C=O) groups is 6. The maximum absolute atomic E-state index is 15.6. The number of esters is 4. The van der Waals surface area contributed by atoms with Gasteiger partial charge in [0.1, 0.15) is 42.6 Å². The Hall–Kier alpha value is -4.98. The second kappa shape index (κ2) is 74.5. The minimum atomic E-state index is -1.38. The third kappa shape index (κ3) is 52.9. The molecule has 0 spiro atoms. The third-order valence-corrected chi connectivity index (χ3v) is 26.6. The quantitative estimate of drug-likeness (QED) is 0.0357. The maximum atomic E-state index is 15.6. The van der Waals surface area contributed by atoms with E-state index < -0.39 is 91.5 Å². The van der Waals surface area contributed by atoms with Crippen molar-refractivity contribution >= 4 is 35.7 Å². The van der Waals surface area contributed by atoms with Crippen LogP contribution in [0.5, 0.6) is 0 Å². The molecule has 2 amide bonds. The minimum Gasteiger partial charge on any atom is -0.462 e. The first kappa shape index (κ1) is 113. The van der Waals surface area contributed by atoms with Crippen LogP contribution >= 0.6 is 0 Å². The van der Waals surface area contributed by atoms with Crippen molar-refractivity contribution in [1.29, 1.82) is 0 Å². The molecule has 127 heavy (non-hydrogen) atoms. The lowest BCUT2D eigenvalue weighted by Crippen LogP contribution is -2.68. The molecular weight excluding hydrogens is 1590 g/mol. The number of benzene rings is 2. The average molecular weight is 1780 g/mol. The number of nitrogens with one attached hydrogen (secondary N) is 2. The highest BCUT2D eigenvalue weighted by atomic mass is 16.8. The van der Waals surface area contributed by atoms with Crippen molar-refractivity contribution < 1.29 is 76.1 Å². The summed E-state index contributed by atoms with van der Waals surface area (Å²) >= 11 is 0. The summed E-state index contributed by atoms with van der Waals surface area (Å²) in [5.41, 5.74) is 1.60. The van der Waals surface area contributed by atoms with E-state index in [0.717, 1.165) is 140 Å². The molecule has 0 radical (unpaired) electrons. The van der Waals surface area contributed by atoms with E-state index in [-0.39, 0.29) is 94.0 Å². The highest BCUT2D eigenvalue weighted by molar-refractivity contribution is 5.78. The van der Waals surface area contributed by atoms with Gasteiger partial charge in [-0.1, -0.05) is 457 Å². The lowest BCUT2D eigenvalue weighted by molar-refractivity contribution is -0.350. The molecule has 0 aromatic heterocycles. The van der Waals surface area contributed by atoms with Gasteiger partial charge in [-0.25, -0.2) is 0 Å². The predicted octanol–water partition coefficient (Wildman–Crippen LogP) is 28.4. The molecule has 5 unspecified atom stereocenters. The molecule has 0 bridgehead atoms. The van der Waals surface area contributed by atoms with Gasteiger partial charge >= 0.3 is 23.9 Å². The Kier molecular flexibility index (Phi) is 66.0. The van der Waals surface area contributed by atoms with Crippen LogP contribution in [0.4, 0.5) is 0 Å².